The number of rotatable bonds is 8. The fourth-order valence-electron chi connectivity index (χ4n) is 1.70. The zero-order valence-electron chi connectivity index (χ0n) is 11.2. The number of nitrogens with zero attached hydrogens (tertiary/aromatic N) is 2. The lowest BCUT2D eigenvalue weighted by molar-refractivity contribution is 0.0477. The summed E-state index contributed by atoms with van der Waals surface area (Å²) in [5.41, 5.74) is 0. The first-order chi connectivity index (χ1) is 8.22. The maximum atomic E-state index is 5.62. The van der Waals surface area contributed by atoms with Crippen LogP contribution < -0.4 is 5.32 Å². The van der Waals surface area contributed by atoms with Crippen LogP contribution in [0.1, 0.15) is 64.4 Å². The number of aromatic nitrogens is 2. The Kier molecular flexibility index (Phi) is 6.15. The highest BCUT2D eigenvalue weighted by molar-refractivity contribution is 4.94. The molecular formula is C12H23N3O2. The number of nitrogens with one attached hydrogen (secondary N) is 1. The van der Waals surface area contributed by atoms with E-state index in [9.17, 15) is 0 Å². The summed E-state index contributed by atoms with van der Waals surface area (Å²) >= 11 is 0. The van der Waals surface area contributed by atoms with Crippen molar-refractivity contribution in [2.75, 3.05) is 13.2 Å². The SMILES string of the molecule is CCCC(OCC)c1noc(C(C)NCC)n1. The van der Waals surface area contributed by atoms with Gasteiger partial charge in [0.2, 0.25) is 11.7 Å². The molecule has 5 nitrogen and oxygen atoms in total. The van der Waals surface area contributed by atoms with Gasteiger partial charge in [-0.3, -0.25) is 0 Å². The first-order valence-corrected chi connectivity index (χ1v) is 6.41. The van der Waals surface area contributed by atoms with Gasteiger partial charge >= 0.3 is 0 Å². The van der Waals surface area contributed by atoms with Gasteiger partial charge < -0.3 is 14.6 Å². The normalized spacial score (nSPS) is 14.8. The van der Waals surface area contributed by atoms with Crippen LogP contribution in [-0.4, -0.2) is 23.3 Å². The largest absolute Gasteiger partial charge is 0.370 e. The average Bonchev–Trinajstić information content (AvgIpc) is 2.78. The second-order valence-electron chi connectivity index (χ2n) is 4.00. The zero-order chi connectivity index (χ0) is 12.7. The van der Waals surface area contributed by atoms with Gasteiger partial charge in [0.15, 0.2) is 0 Å². The molecule has 2 unspecified atom stereocenters. The van der Waals surface area contributed by atoms with Gasteiger partial charge in [-0.2, -0.15) is 4.98 Å². The molecule has 2 atom stereocenters. The minimum Gasteiger partial charge on any atom is -0.370 e. The van der Waals surface area contributed by atoms with Crippen molar-refractivity contribution in [2.45, 2.75) is 52.7 Å². The zero-order valence-corrected chi connectivity index (χ0v) is 11.2. The van der Waals surface area contributed by atoms with Gasteiger partial charge in [0.1, 0.15) is 6.10 Å². The third-order valence-electron chi connectivity index (χ3n) is 2.54. The van der Waals surface area contributed by atoms with E-state index in [4.69, 9.17) is 9.26 Å². The molecule has 0 saturated heterocycles. The number of hydrogen-bond acceptors (Lipinski definition) is 5. The fourth-order valence-corrected chi connectivity index (χ4v) is 1.70. The molecule has 0 bridgehead atoms. The number of ether oxygens (including phenoxy) is 1. The minimum absolute atomic E-state index is 0.0451. The van der Waals surface area contributed by atoms with Crippen LogP contribution in [0.5, 0.6) is 0 Å². The second kappa shape index (κ2) is 7.40. The molecule has 0 radical (unpaired) electrons. The molecule has 1 aromatic heterocycles. The monoisotopic (exact) mass is 241 g/mol. The highest BCUT2D eigenvalue weighted by Crippen LogP contribution is 2.21. The van der Waals surface area contributed by atoms with E-state index in [1.54, 1.807) is 0 Å². The summed E-state index contributed by atoms with van der Waals surface area (Å²) in [5.74, 6) is 1.29. The predicted octanol–water partition coefficient (Wildman–Crippen LogP) is 2.62. The van der Waals surface area contributed by atoms with Crippen molar-refractivity contribution < 1.29 is 9.26 Å². The maximum Gasteiger partial charge on any atom is 0.243 e. The summed E-state index contributed by atoms with van der Waals surface area (Å²) in [6.45, 7) is 9.70. The van der Waals surface area contributed by atoms with Crippen molar-refractivity contribution in [3.63, 3.8) is 0 Å². The molecule has 0 amide bonds. The third-order valence-corrected chi connectivity index (χ3v) is 2.54. The molecule has 0 fully saturated rings. The van der Waals surface area contributed by atoms with E-state index >= 15 is 0 Å². The van der Waals surface area contributed by atoms with E-state index in [1.165, 1.54) is 0 Å². The molecule has 1 aromatic rings. The van der Waals surface area contributed by atoms with E-state index in [-0.39, 0.29) is 12.1 Å². The Morgan fingerprint density at radius 2 is 2.12 bits per heavy atom. The van der Waals surface area contributed by atoms with Crippen molar-refractivity contribution in [1.29, 1.82) is 0 Å². The molecular weight excluding hydrogens is 218 g/mol. The van der Waals surface area contributed by atoms with Crippen LogP contribution in [0.4, 0.5) is 0 Å². The summed E-state index contributed by atoms with van der Waals surface area (Å²) in [7, 11) is 0. The molecule has 17 heavy (non-hydrogen) atoms. The van der Waals surface area contributed by atoms with Crippen LogP contribution in [0.3, 0.4) is 0 Å². The molecule has 98 valence electrons. The van der Waals surface area contributed by atoms with Gasteiger partial charge in [-0.1, -0.05) is 25.4 Å². The first kappa shape index (κ1) is 14.1. The standard InChI is InChI=1S/C12H23N3O2/c1-5-8-10(16-7-3)11-14-12(17-15-11)9(4)13-6-2/h9-10,13H,5-8H2,1-4H3. The van der Waals surface area contributed by atoms with Crippen molar-refractivity contribution in [3.05, 3.63) is 11.7 Å². The molecule has 5 heteroatoms. The minimum atomic E-state index is -0.0451. The van der Waals surface area contributed by atoms with Crippen LogP contribution >= 0.6 is 0 Å². The lowest BCUT2D eigenvalue weighted by Crippen LogP contribution is -2.18. The van der Waals surface area contributed by atoms with Gasteiger partial charge in [0.25, 0.3) is 0 Å². The lowest BCUT2D eigenvalue weighted by atomic mass is 10.2. The van der Waals surface area contributed by atoms with Gasteiger partial charge in [-0.05, 0) is 26.8 Å². The Hall–Kier alpha value is -0.940. The maximum absolute atomic E-state index is 5.62. The molecule has 0 saturated carbocycles. The topological polar surface area (TPSA) is 60.2 Å². The smallest absolute Gasteiger partial charge is 0.243 e. The van der Waals surface area contributed by atoms with Crippen LogP contribution in [-0.2, 0) is 4.74 Å². The van der Waals surface area contributed by atoms with Crippen molar-refractivity contribution in [2.24, 2.45) is 0 Å². The van der Waals surface area contributed by atoms with E-state index in [2.05, 4.69) is 22.4 Å². The Morgan fingerprint density at radius 3 is 2.71 bits per heavy atom. The van der Waals surface area contributed by atoms with Gasteiger partial charge in [-0.25, -0.2) is 0 Å². The molecule has 0 aliphatic rings. The van der Waals surface area contributed by atoms with Gasteiger partial charge in [0.05, 0.1) is 6.04 Å². The Balaban J connectivity index is 2.69. The van der Waals surface area contributed by atoms with Crippen LogP contribution in [0, 0.1) is 0 Å². The van der Waals surface area contributed by atoms with Crippen LogP contribution in [0.25, 0.3) is 0 Å². The fraction of sp³-hybridized carbons (Fsp3) is 0.833. The summed E-state index contributed by atoms with van der Waals surface area (Å²) in [4.78, 5) is 4.40. The quantitative estimate of drug-likeness (QED) is 0.758. The number of hydrogen-bond donors (Lipinski definition) is 1. The Labute approximate surface area is 103 Å². The first-order valence-electron chi connectivity index (χ1n) is 6.41. The Morgan fingerprint density at radius 1 is 1.35 bits per heavy atom. The van der Waals surface area contributed by atoms with Crippen molar-refractivity contribution in [3.8, 4) is 0 Å². The summed E-state index contributed by atoms with van der Waals surface area (Å²) in [5, 5.41) is 7.25. The van der Waals surface area contributed by atoms with Crippen molar-refractivity contribution >= 4 is 0 Å². The lowest BCUT2D eigenvalue weighted by Gasteiger charge is -2.11. The molecule has 1 N–H and O–H groups in total. The summed E-state index contributed by atoms with van der Waals surface area (Å²) in [6, 6.07) is 0.0881. The average molecular weight is 241 g/mol. The van der Waals surface area contributed by atoms with E-state index in [0.29, 0.717) is 18.3 Å². The highest BCUT2D eigenvalue weighted by atomic mass is 16.5. The molecule has 0 aliphatic heterocycles. The molecule has 0 aromatic carbocycles. The van der Waals surface area contributed by atoms with Crippen LogP contribution in [0.15, 0.2) is 4.52 Å². The third kappa shape index (κ3) is 4.09. The van der Waals surface area contributed by atoms with E-state index < -0.39 is 0 Å². The molecule has 1 rings (SSSR count). The van der Waals surface area contributed by atoms with Crippen molar-refractivity contribution in [1.82, 2.24) is 15.5 Å². The molecule has 0 spiro atoms. The molecule has 1 heterocycles. The summed E-state index contributed by atoms with van der Waals surface area (Å²) < 4.78 is 10.9. The van der Waals surface area contributed by atoms with E-state index in [0.717, 1.165) is 19.4 Å². The Bertz CT molecular complexity index is 308. The van der Waals surface area contributed by atoms with Gasteiger partial charge in [-0.15, -0.1) is 0 Å². The van der Waals surface area contributed by atoms with Gasteiger partial charge in [0, 0.05) is 6.61 Å². The molecule has 0 aliphatic carbocycles. The van der Waals surface area contributed by atoms with E-state index in [1.807, 2.05) is 20.8 Å². The van der Waals surface area contributed by atoms with Crippen LogP contribution in [0.2, 0.25) is 0 Å². The highest BCUT2D eigenvalue weighted by Gasteiger charge is 2.20. The summed E-state index contributed by atoms with van der Waals surface area (Å²) in [6.07, 6.45) is 1.91. The second-order valence-corrected chi connectivity index (χ2v) is 4.00. The predicted molar refractivity (Wildman–Crippen MR) is 65.7 cm³/mol.